The summed E-state index contributed by atoms with van der Waals surface area (Å²) in [6.07, 6.45) is 0.194. The topological polar surface area (TPSA) is 87.7 Å². The zero-order valence-electron chi connectivity index (χ0n) is 20.2. The van der Waals surface area contributed by atoms with Gasteiger partial charge in [-0.3, -0.25) is 14.4 Å². The summed E-state index contributed by atoms with van der Waals surface area (Å²) in [5.41, 5.74) is 4.68. The van der Waals surface area contributed by atoms with Crippen molar-refractivity contribution in [2.24, 2.45) is 0 Å². The molecule has 3 aromatic carbocycles. The molecule has 0 aliphatic carbocycles. The van der Waals surface area contributed by atoms with E-state index in [9.17, 15) is 14.4 Å². The molecule has 0 saturated carbocycles. The van der Waals surface area contributed by atoms with Gasteiger partial charge in [0.1, 0.15) is 16.5 Å². The third-order valence-corrected chi connectivity index (χ3v) is 5.88. The second-order valence-corrected chi connectivity index (χ2v) is 8.86. The zero-order valence-corrected chi connectivity index (χ0v) is 21.0. The minimum atomic E-state index is -0.604. The number of carbonyl (C=O) groups excluding carboxylic acids is 3. The van der Waals surface area contributed by atoms with Crippen LogP contribution in [0.15, 0.2) is 77.5 Å². The Morgan fingerprint density at radius 3 is 2.14 bits per heavy atom. The van der Waals surface area contributed by atoms with Gasteiger partial charge in [0.05, 0.1) is 18.7 Å². The van der Waals surface area contributed by atoms with Crippen molar-refractivity contribution in [1.29, 1.82) is 0 Å². The lowest BCUT2D eigenvalue weighted by atomic mass is 10.1. The lowest BCUT2D eigenvalue weighted by Gasteiger charge is -2.15. The largest absolute Gasteiger partial charge is 0.494 e. The van der Waals surface area contributed by atoms with E-state index >= 15 is 0 Å². The van der Waals surface area contributed by atoms with Crippen molar-refractivity contribution in [3.05, 3.63) is 94.1 Å². The van der Waals surface area contributed by atoms with Crippen LogP contribution in [0.25, 0.3) is 0 Å². The maximum Gasteiger partial charge on any atom is 0.283 e. The number of hydrogen-bond donors (Lipinski definition) is 2. The number of nitrogens with one attached hydrogen (secondary N) is 2. The molecule has 1 heterocycles. The summed E-state index contributed by atoms with van der Waals surface area (Å²) in [6.45, 7) is 6.35. The van der Waals surface area contributed by atoms with Crippen LogP contribution in [0.4, 0.5) is 17.1 Å². The first-order chi connectivity index (χ1) is 17.2. The minimum Gasteiger partial charge on any atom is -0.494 e. The molecule has 0 radical (unpaired) electrons. The molecular formula is C28H26ClN3O4. The van der Waals surface area contributed by atoms with E-state index < -0.39 is 11.8 Å². The fourth-order valence-corrected chi connectivity index (χ4v) is 4.20. The van der Waals surface area contributed by atoms with Crippen LogP contribution in [-0.4, -0.2) is 24.3 Å². The molecule has 4 rings (SSSR count). The van der Waals surface area contributed by atoms with Crippen LogP contribution < -0.4 is 20.3 Å². The van der Waals surface area contributed by atoms with Crippen molar-refractivity contribution < 1.29 is 19.1 Å². The first-order valence-corrected chi connectivity index (χ1v) is 11.9. The second-order valence-electron chi connectivity index (χ2n) is 8.48. The second kappa shape index (κ2) is 10.7. The molecule has 0 bridgehead atoms. The molecule has 1 aliphatic rings. The van der Waals surface area contributed by atoms with Crippen molar-refractivity contribution in [1.82, 2.24) is 0 Å². The minimum absolute atomic E-state index is 0.00383. The van der Waals surface area contributed by atoms with Crippen LogP contribution in [0.5, 0.6) is 5.75 Å². The standard InChI is InChI=1S/C28H26ClN3O4/c1-4-36-23-11-9-22(10-12-23)32-27(34)25(29)26(28(32)35)31-20-7-5-19(6-8-20)16-24(33)30-21-14-17(2)13-18(3)15-21/h5-15,31H,4,16H2,1-3H3,(H,30,33). The van der Waals surface area contributed by atoms with Gasteiger partial charge in [-0.15, -0.1) is 0 Å². The smallest absolute Gasteiger partial charge is 0.283 e. The predicted molar refractivity (Wildman–Crippen MR) is 141 cm³/mol. The van der Waals surface area contributed by atoms with Gasteiger partial charge >= 0.3 is 0 Å². The SMILES string of the molecule is CCOc1ccc(N2C(=O)C(Cl)=C(Nc3ccc(CC(=O)Nc4cc(C)cc(C)c4)cc3)C2=O)cc1. The lowest BCUT2D eigenvalue weighted by Crippen LogP contribution is -2.32. The predicted octanol–water partition coefficient (Wildman–Crippen LogP) is 5.32. The monoisotopic (exact) mass is 503 g/mol. The van der Waals surface area contributed by atoms with Gasteiger partial charge in [0.15, 0.2) is 0 Å². The Balaban J connectivity index is 1.40. The average molecular weight is 504 g/mol. The van der Waals surface area contributed by atoms with Gasteiger partial charge in [0, 0.05) is 11.4 Å². The highest BCUT2D eigenvalue weighted by molar-refractivity contribution is 6.53. The lowest BCUT2D eigenvalue weighted by molar-refractivity contribution is -0.120. The normalized spacial score (nSPS) is 13.3. The Morgan fingerprint density at radius 1 is 0.889 bits per heavy atom. The van der Waals surface area contributed by atoms with Crippen LogP contribution in [0.2, 0.25) is 0 Å². The fourth-order valence-electron chi connectivity index (χ4n) is 3.99. The maximum absolute atomic E-state index is 13.0. The van der Waals surface area contributed by atoms with Gasteiger partial charge < -0.3 is 15.4 Å². The number of amides is 3. The van der Waals surface area contributed by atoms with Gasteiger partial charge in [0.2, 0.25) is 5.91 Å². The van der Waals surface area contributed by atoms with Crippen LogP contribution in [0, 0.1) is 13.8 Å². The number of aryl methyl sites for hydroxylation is 2. The number of ether oxygens (including phenoxy) is 1. The number of anilines is 3. The third-order valence-electron chi connectivity index (χ3n) is 5.53. The first kappa shape index (κ1) is 25.0. The number of hydrogen-bond acceptors (Lipinski definition) is 5. The number of halogens is 1. The average Bonchev–Trinajstić information content (AvgIpc) is 3.03. The Morgan fingerprint density at radius 2 is 1.53 bits per heavy atom. The van der Waals surface area contributed by atoms with E-state index in [4.69, 9.17) is 16.3 Å². The molecule has 2 N–H and O–H groups in total. The van der Waals surface area contributed by atoms with E-state index in [0.717, 1.165) is 27.3 Å². The summed E-state index contributed by atoms with van der Waals surface area (Å²) in [5, 5.41) is 5.67. The summed E-state index contributed by atoms with van der Waals surface area (Å²) in [4.78, 5) is 39.2. The molecule has 1 aliphatic heterocycles. The van der Waals surface area contributed by atoms with Gasteiger partial charge in [0.25, 0.3) is 11.8 Å². The number of rotatable bonds is 8. The molecule has 36 heavy (non-hydrogen) atoms. The summed E-state index contributed by atoms with van der Waals surface area (Å²) < 4.78 is 5.41. The molecule has 3 amide bonds. The van der Waals surface area contributed by atoms with E-state index in [1.165, 1.54) is 0 Å². The van der Waals surface area contributed by atoms with Crippen molar-refractivity contribution >= 4 is 46.4 Å². The number of benzene rings is 3. The Labute approximate surface area is 214 Å². The van der Waals surface area contributed by atoms with E-state index in [-0.39, 0.29) is 23.1 Å². The van der Waals surface area contributed by atoms with Gasteiger partial charge in [-0.05, 0) is 86.0 Å². The number of imide groups is 1. The Kier molecular flexibility index (Phi) is 7.41. The fraction of sp³-hybridized carbons (Fsp3) is 0.179. The molecule has 0 saturated heterocycles. The number of carbonyl (C=O) groups is 3. The molecule has 0 fully saturated rings. The van der Waals surface area contributed by atoms with Gasteiger partial charge in [-0.1, -0.05) is 29.8 Å². The van der Waals surface area contributed by atoms with Crippen LogP contribution >= 0.6 is 11.6 Å². The summed E-state index contributed by atoms with van der Waals surface area (Å²) in [5.74, 6) is -0.645. The highest BCUT2D eigenvalue weighted by Crippen LogP contribution is 2.31. The quantitative estimate of drug-likeness (QED) is 0.406. The number of nitrogens with zero attached hydrogens (tertiary/aromatic N) is 1. The van der Waals surface area contributed by atoms with Crippen molar-refractivity contribution in [3.63, 3.8) is 0 Å². The summed E-state index contributed by atoms with van der Waals surface area (Å²) in [7, 11) is 0. The molecule has 0 unspecified atom stereocenters. The van der Waals surface area contributed by atoms with Crippen molar-refractivity contribution in [2.45, 2.75) is 27.2 Å². The van der Waals surface area contributed by atoms with Gasteiger partial charge in [-0.2, -0.15) is 0 Å². The molecule has 7 nitrogen and oxygen atoms in total. The summed E-state index contributed by atoms with van der Waals surface area (Å²) >= 11 is 6.23. The first-order valence-electron chi connectivity index (χ1n) is 11.5. The Bertz CT molecular complexity index is 1330. The molecule has 184 valence electrons. The van der Waals surface area contributed by atoms with Crippen molar-refractivity contribution in [2.75, 3.05) is 22.1 Å². The Hall–Kier alpha value is -4.10. The maximum atomic E-state index is 13.0. The zero-order chi connectivity index (χ0) is 25.8. The molecule has 8 heteroatoms. The molecule has 0 atom stereocenters. The van der Waals surface area contributed by atoms with Crippen molar-refractivity contribution in [3.8, 4) is 5.75 Å². The third kappa shape index (κ3) is 5.58. The molecule has 0 spiro atoms. The highest BCUT2D eigenvalue weighted by Gasteiger charge is 2.38. The van der Waals surface area contributed by atoms with E-state index in [1.54, 1.807) is 48.5 Å². The van der Waals surface area contributed by atoms with Gasteiger partial charge in [-0.25, -0.2) is 4.90 Å². The van der Waals surface area contributed by atoms with E-state index in [2.05, 4.69) is 10.6 Å². The van der Waals surface area contributed by atoms with Crippen LogP contribution in [-0.2, 0) is 20.8 Å². The van der Waals surface area contributed by atoms with E-state index in [0.29, 0.717) is 23.7 Å². The molecule has 0 aromatic heterocycles. The van der Waals surface area contributed by atoms with E-state index in [1.807, 2.05) is 39.0 Å². The highest BCUT2D eigenvalue weighted by atomic mass is 35.5. The summed E-state index contributed by atoms with van der Waals surface area (Å²) in [6, 6.07) is 19.6. The molecule has 3 aromatic rings. The van der Waals surface area contributed by atoms with Crippen LogP contribution in [0.1, 0.15) is 23.6 Å². The van der Waals surface area contributed by atoms with Crippen LogP contribution in [0.3, 0.4) is 0 Å². The molecular weight excluding hydrogens is 478 g/mol.